The molecule has 3 rings (SSSR count). The predicted molar refractivity (Wildman–Crippen MR) is 56.4 cm³/mol. The fraction of sp³-hybridized carbons (Fsp3) is 0.400. The van der Waals surface area contributed by atoms with E-state index < -0.39 is 0 Å². The van der Waals surface area contributed by atoms with Crippen LogP contribution < -0.4 is 0 Å². The first-order valence-electron chi connectivity index (χ1n) is 4.80. The molecule has 0 aromatic carbocycles. The molecule has 1 fully saturated rings. The lowest BCUT2D eigenvalue weighted by atomic mass is 10.2. The number of thiophene rings is 1. The second-order valence-corrected chi connectivity index (χ2v) is 4.53. The molecule has 0 radical (unpaired) electrons. The summed E-state index contributed by atoms with van der Waals surface area (Å²) < 4.78 is 0. The van der Waals surface area contributed by atoms with Crippen LogP contribution in [0.1, 0.15) is 30.1 Å². The van der Waals surface area contributed by atoms with Gasteiger partial charge in [0.1, 0.15) is 5.82 Å². The SMILES string of the molecule is Cc1cscc1-c1n[nH]c(C2CC2)n1. The number of nitrogens with one attached hydrogen (secondary N) is 1. The monoisotopic (exact) mass is 205 g/mol. The summed E-state index contributed by atoms with van der Waals surface area (Å²) in [5.41, 5.74) is 2.43. The Morgan fingerprint density at radius 3 is 2.93 bits per heavy atom. The van der Waals surface area contributed by atoms with Gasteiger partial charge in [0.05, 0.1) is 0 Å². The molecule has 2 aromatic heterocycles. The molecule has 0 amide bonds. The number of rotatable bonds is 2. The van der Waals surface area contributed by atoms with E-state index in [9.17, 15) is 0 Å². The van der Waals surface area contributed by atoms with Crippen LogP contribution in [0.3, 0.4) is 0 Å². The normalized spacial score (nSPS) is 16.1. The minimum Gasteiger partial charge on any atom is -0.262 e. The van der Waals surface area contributed by atoms with Gasteiger partial charge in [0.15, 0.2) is 5.82 Å². The maximum atomic E-state index is 4.52. The first-order valence-corrected chi connectivity index (χ1v) is 5.74. The molecular weight excluding hydrogens is 194 g/mol. The highest BCUT2D eigenvalue weighted by atomic mass is 32.1. The minimum atomic E-state index is 0.648. The maximum Gasteiger partial charge on any atom is 0.182 e. The van der Waals surface area contributed by atoms with Gasteiger partial charge in [-0.15, -0.1) is 0 Å². The Hall–Kier alpha value is -1.16. The van der Waals surface area contributed by atoms with Crippen LogP contribution in [-0.4, -0.2) is 15.2 Å². The van der Waals surface area contributed by atoms with Gasteiger partial charge in [0, 0.05) is 16.9 Å². The summed E-state index contributed by atoms with van der Waals surface area (Å²) in [6.07, 6.45) is 2.52. The van der Waals surface area contributed by atoms with Crippen molar-refractivity contribution in [3.63, 3.8) is 0 Å². The lowest BCUT2D eigenvalue weighted by Gasteiger charge is -1.90. The Morgan fingerprint density at radius 1 is 1.43 bits per heavy atom. The number of aryl methyl sites for hydroxylation is 1. The van der Waals surface area contributed by atoms with Gasteiger partial charge in [-0.1, -0.05) is 0 Å². The number of aromatic amines is 1. The zero-order valence-corrected chi connectivity index (χ0v) is 8.77. The summed E-state index contributed by atoms with van der Waals surface area (Å²) in [6, 6.07) is 0. The lowest BCUT2D eigenvalue weighted by Crippen LogP contribution is -1.82. The van der Waals surface area contributed by atoms with Crippen LogP contribution >= 0.6 is 11.3 Å². The Kier molecular flexibility index (Phi) is 1.70. The van der Waals surface area contributed by atoms with E-state index in [0.29, 0.717) is 5.92 Å². The van der Waals surface area contributed by atoms with Crippen molar-refractivity contribution in [1.29, 1.82) is 0 Å². The predicted octanol–water partition coefficient (Wildman–Crippen LogP) is 2.72. The Bertz CT molecular complexity index is 453. The van der Waals surface area contributed by atoms with E-state index in [2.05, 4.69) is 32.9 Å². The zero-order valence-electron chi connectivity index (χ0n) is 7.95. The van der Waals surface area contributed by atoms with Gasteiger partial charge in [0.2, 0.25) is 0 Å². The van der Waals surface area contributed by atoms with Crippen molar-refractivity contribution in [3.05, 3.63) is 22.1 Å². The maximum absolute atomic E-state index is 4.52. The van der Waals surface area contributed by atoms with Gasteiger partial charge in [-0.25, -0.2) is 4.98 Å². The molecular formula is C10H11N3S. The average Bonchev–Trinajstić information content (AvgIpc) is 2.75. The Balaban J connectivity index is 1.99. The van der Waals surface area contributed by atoms with E-state index in [1.54, 1.807) is 11.3 Å². The van der Waals surface area contributed by atoms with E-state index in [4.69, 9.17) is 0 Å². The van der Waals surface area contributed by atoms with E-state index in [-0.39, 0.29) is 0 Å². The molecule has 0 saturated heterocycles. The van der Waals surface area contributed by atoms with Crippen LogP contribution in [0.2, 0.25) is 0 Å². The molecule has 2 heterocycles. The summed E-state index contributed by atoms with van der Waals surface area (Å²) in [7, 11) is 0. The molecule has 1 aliphatic carbocycles. The Morgan fingerprint density at radius 2 is 2.29 bits per heavy atom. The molecule has 0 spiro atoms. The van der Waals surface area contributed by atoms with Crippen molar-refractivity contribution < 1.29 is 0 Å². The molecule has 4 heteroatoms. The van der Waals surface area contributed by atoms with Crippen molar-refractivity contribution in [2.75, 3.05) is 0 Å². The molecule has 3 nitrogen and oxygen atoms in total. The second kappa shape index (κ2) is 2.92. The Labute approximate surface area is 86.2 Å². The van der Waals surface area contributed by atoms with Crippen LogP contribution in [0.5, 0.6) is 0 Å². The second-order valence-electron chi connectivity index (χ2n) is 3.79. The molecule has 0 atom stereocenters. The minimum absolute atomic E-state index is 0.648. The number of nitrogens with zero attached hydrogens (tertiary/aromatic N) is 2. The molecule has 1 saturated carbocycles. The number of hydrogen-bond donors (Lipinski definition) is 1. The van der Waals surface area contributed by atoms with Gasteiger partial charge in [-0.2, -0.15) is 16.4 Å². The number of H-pyrrole nitrogens is 1. The van der Waals surface area contributed by atoms with Crippen LogP contribution in [0, 0.1) is 6.92 Å². The van der Waals surface area contributed by atoms with Crippen LogP contribution in [0.15, 0.2) is 10.8 Å². The van der Waals surface area contributed by atoms with Crippen molar-refractivity contribution in [2.24, 2.45) is 0 Å². The van der Waals surface area contributed by atoms with Crippen molar-refractivity contribution in [1.82, 2.24) is 15.2 Å². The third kappa shape index (κ3) is 1.26. The number of hydrogen-bond acceptors (Lipinski definition) is 3. The molecule has 0 aliphatic heterocycles. The van der Waals surface area contributed by atoms with Crippen molar-refractivity contribution in [3.8, 4) is 11.4 Å². The van der Waals surface area contributed by atoms with Gasteiger partial charge < -0.3 is 0 Å². The van der Waals surface area contributed by atoms with Gasteiger partial charge in [-0.05, 0) is 30.7 Å². The van der Waals surface area contributed by atoms with Gasteiger partial charge in [0.25, 0.3) is 0 Å². The quantitative estimate of drug-likeness (QED) is 0.819. The molecule has 0 bridgehead atoms. The molecule has 14 heavy (non-hydrogen) atoms. The molecule has 1 N–H and O–H groups in total. The molecule has 2 aromatic rings. The summed E-state index contributed by atoms with van der Waals surface area (Å²) in [6.45, 7) is 2.10. The third-order valence-electron chi connectivity index (χ3n) is 2.56. The number of aromatic nitrogens is 3. The summed E-state index contributed by atoms with van der Waals surface area (Å²) in [4.78, 5) is 4.52. The van der Waals surface area contributed by atoms with Crippen LogP contribution in [0.4, 0.5) is 0 Å². The van der Waals surface area contributed by atoms with E-state index in [1.807, 2.05) is 0 Å². The van der Waals surface area contributed by atoms with Gasteiger partial charge >= 0.3 is 0 Å². The summed E-state index contributed by atoms with van der Waals surface area (Å²) in [5.74, 6) is 2.56. The van der Waals surface area contributed by atoms with Gasteiger partial charge in [-0.3, -0.25) is 5.10 Å². The molecule has 72 valence electrons. The lowest BCUT2D eigenvalue weighted by molar-refractivity contribution is 0.935. The average molecular weight is 205 g/mol. The van der Waals surface area contributed by atoms with E-state index in [1.165, 1.54) is 18.4 Å². The van der Waals surface area contributed by atoms with E-state index in [0.717, 1.165) is 17.2 Å². The summed E-state index contributed by atoms with van der Waals surface area (Å²) >= 11 is 1.70. The standard InChI is InChI=1S/C10H11N3S/c1-6-4-14-5-8(6)10-11-9(12-13-10)7-2-3-7/h4-5,7H,2-3H2,1H3,(H,11,12,13). The van der Waals surface area contributed by atoms with Crippen LogP contribution in [0.25, 0.3) is 11.4 Å². The third-order valence-corrected chi connectivity index (χ3v) is 3.42. The topological polar surface area (TPSA) is 41.6 Å². The first-order chi connectivity index (χ1) is 6.84. The fourth-order valence-corrected chi connectivity index (χ4v) is 2.35. The smallest absolute Gasteiger partial charge is 0.182 e. The molecule has 1 aliphatic rings. The summed E-state index contributed by atoms with van der Waals surface area (Å²) in [5, 5.41) is 11.5. The first kappa shape index (κ1) is 8.17. The highest BCUT2D eigenvalue weighted by molar-refractivity contribution is 7.08. The molecule has 0 unspecified atom stereocenters. The zero-order chi connectivity index (χ0) is 9.54. The highest BCUT2D eigenvalue weighted by Crippen LogP contribution is 2.38. The fourth-order valence-electron chi connectivity index (χ4n) is 1.52. The van der Waals surface area contributed by atoms with E-state index >= 15 is 0 Å². The van der Waals surface area contributed by atoms with Crippen LogP contribution in [-0.2, 0) is 0 Å². The van der Waals surface area contributed by atoms with Crippen molar-refractivity contribution >= 4 is 11.3 Å². The largest absolute Gasteiger partial charge is 0.262 e. The highest BCUT2D eigenvalue weighted by Gasteiger charge is 2.27. The van der Waals surface area contributed by atoms with Crippen molar-refractivity contribution in [2.45, 2.75) is 25.7 Å².